The lowest BCUT2D eigenvalue weighted by atomic mass is 10.2. The summed E-state index contributed by atoms with van der Waals surface area (Å²) in [5, 5.41) is 5.78. The minimum atomic E-state index is -4.57. The maximum Gasteiger partial charge on any atom is 0.402 e. The second kappa shape index (κ2) is 4.78. The molecule has 0 aromatic carbocycles. The van der Waals surface area contributed by atoms with Crippen LogP contribution in [0.4, 0.5) is 13.2 Å². The van der Waals surface area contributed by atoms with Crippen LogP contribution in [0.15, 0.2) is 17.3 Å². The molecule has 5 nitrogen and oxygen atoms in total. The van der Waals surface area contributed by atoms with E-state index in [1.807, 2.05) is 0 Å². The van der Waals surface area contributed by atoms with Crippen molar-refractivity contribution in [3.63, 3.8) is 0 Å². The fourth-order valence-corrected chi connectivity index (χ4v) is 3.54. The van der Waals surface area contributed by atoms with Gasteiger partial charge in [-0.2, -0.15) is 22.6 Å². The molecular weight excluding hydrogens is 283 g/mol. The highest BCUT2D eigenvalue weighted by Gasteiger charge is 2.44. The van der Waals surface area contributed by atoms with Gasteiger partial charge in [0.15, 0.2) is 0 Å². The molecule has 0 saturated heterocycles. The quantitative estimate of drug-likeness (QED) is 0.900. The zero-order valence-corrected chi connectivity index (χ0v) is 11.0. The van der Waals surface area contributed by atoms with E-state index in [1.165, 1.54) is 6.92 Å². The highest BCUT2D eigenvalue weighted by Crippen LogP contribution is 2.38. The number of halogens is 3. The fraction of sp³-hybridized carbons (Fsp3) is 0.700. The summed E-state index contributed by atoms with van der Waals surface area (Å²) >= 11 is 0. The molecule has 1 aromatic heterocycles. The standard InChI is InChI=1S/C10H14F3N3O2S/c1-7(8-2-3-8)16(6-10(11,12)13)19(17,18)9-4-14-15-5-9/h4-5,7-8H,2-3,6H2,1H3,(H,14,15). The van der Waals surface area contributed by atoms with Crippen LogP contribution in [0.1, 0.15) is 19.8 Å². The number of H-pyrrole nitrogens is 1. The SMILES string of the molecule is CC(C1CC1)N(CC(F)(F)F)S(=O)(=O)c1cn[nH]c1. The molecule has 1 aromatic rings. The number of nitrogens with zero attached hydrogens (tertiary/aromatic N) is 2. The summed E-state index contributed by atoms with van der Waals surface area (Å²) in [6.07, 6.45) is -0.955. The summed E-state index contributed by atoms with van der Waals surface area (Å²) < 4.78 is 62.7. The first-order valence-corrected chi connectivity index (χ1v) is 7.23. The molecule has 1 aliphatic rings. The Bertz CT molecular complexity index is 523. The number of hydrogen-bond acceptors (Lipinski definition) is 3. The molecule has 0 aliphatic heterocycles. The van der Waals surface area contributed by atoms with Gasteiger partial charge < -0.3 is 0 Å². The Hall–Kier alpha value is -1.09. The van der Waals surface area contributed by atoms with Crippen molar-refractivity contribution >= 4 is 10.0 Å². The van der Waals surface area contributed by atoms with E-state index < -0.39 is 28.8 Å². The van der Waals surface area contributed by atoms with Gasteiger partial charge in [0.1, 0.15) is 11.4 Å². The lowest BCUT2D eigenvalue weighted by molar-refractivity contribution is -0.139. The van der Waals surface area contributed by atoms with E-state index in [1.54, 1.807) is 0 Å². The van der Waals surface area contributed by atoms with Crippen molar-refractivity contribution in [3.05, 3.63) is 12.4 Å². The van der Waals surface area contributed by atoms with Gasteiger partial charge in [-0.15, -0.1) is 0 Å². The van der Waals surface area contributed by atoms with E-state index in [-0.39, 0.29) is 10.8 Å². The summed E-state index contributed by atoms with van der Waals surface area (Å²) in [4.78, 5) is -0.246. The molecule has 108 valence electrons. The molecule has 1 aliphatic carbocycles. The van der Waals surface area contributed by atoms with Crippen LogP contribution in [0.25, 0.3) is 0 Å². The summed E-state index contributed by atoms with van der Waals surface area (Å²) in [5.74, 6) is 0.00373. The van der Waals surface area contributed by atoms with Crippen LogP contribution in [-0.4, -0.2) is 41.7 Å². The van der Waals surface area contributed by atoms with E-state index in [4.69, 9.17) is 0 Å². The zero-order valence-electron chi connectivity index (χ0n) is 10.2. The van der Waals surface area contributed by atoms with Crippen molar-refractivity contribution in [2.24, 2.45) is 5.92 Å². The van der Waals surface area contributed by atoms with Crippen LogP contribution in [0.5, 0.6) is 0 Å². The van der Waals surface area contributed by atoms with Crippen LogP contribution in [0.3, 0.4) is 0 Å². The van der Waals surface area contributed by atoms with Crippen LogP contribution in [0, 0.1) is 5.92 Å². The lowest BCUT2D eigenvalue weighted by Gasteiger charge is -2.28. The smallest absolute Gasteiger partial charge is 0.284 e. The van der Waals surface area contributed by atoms with Gasteiger partial charge in [0.25, 0.3) is 0 Å². The lowest BCUT2D eigenvalue weighted by Crippen LogP contribution is -2.45. The number of rotatable bonds is 5. The van der Waals surface area contributed by atoms with E-state index in [9.17, 15) is 21.6 Å². The largest absolute Gasteiger partial charge is 0.402 e. The molecule has 1 heterocycles. The highest BCUT2D eigenvalue weighted by molar-refractivity contribution is 7.89. The average Bonchev–Trinajstić information content (AvgIpc) is 2.98. The number of hydrogen-bond donors (Lipinski definition) is 1. The van der Waals surface area contributed by atoms with Gasteiger partial charge in [-0.3, -0.25) is 5.10 Å². The molecule has 1 unspecified atom stereocenters. The molecule has 1 atom stereocenters. The monoisotopic (exact) mass is 297 g/mol. The van der Waals surface area contributed by atoms with Crippen LogP contribution < -0.4 is 0 Å². The van der Waals surface area contributed by atoms with Crippen molar-refractivity contribution in [2.75, 3.05) is 6.54 Å². The summed E-state index contributed by atoms with van der Waals surface area (Å²) in [6, 6.07) is -0.665. The molecule has 0 radical (unpaired) electrons. The number of aromatic nitrogens is 2. The van der Waals surface area contributed by atoms with E-state index in [0.29, 0.717) is 4.31 Å². The summed E-state index contributed by atoms with van der Waals surface area (Å²) in [6.45, 7) is 0.0409. The molecule has 0 bridgehead atoms. The predicted molar refractivity (Wildman–Crippen MR) is 60.7 cm³/mol. The summed E-state index contributed by atoms with van der Waals surface area (Å²) in [5.41, 5.74) is 0. The molecular formula is C10H14F3N3O2S. The van der Waals surface area contributed by atoms with Gasteiger partial charge in [-0.1, -0.05) is 0 Å². The molecule has 0 spiro atoms. The van der Waals surface area contributed by atoms with E-state index >= 15 is 0 Å². The van der Waals surface area contributed by atoms with Gasteiger partial charge in [0.2, 0.25) is 10.0 Å². The van der Waals surface area contributed by atoms with Crippen molar-refractivity contribution in [1.29, 1.82) is 0 Å². The average molecular weight is 297 g/mol. The maximum absolute atomic E-state index is 12.6. The molecule has 1 N–H and O–H groups in total. The third-order valence-corrected chi connectivity index (χ3v) is 5.07. The fourth-order valence-electron chi connectivity index (χ4n) is 1.95. The Morgan fingerprint density at radius 2 is 2.16 bits per heavy atom. The molecule has 1 saturated carbocycles. The zero-order chi connectivity index (χ0) is 14.3. The minimum Gasteiger partial charge on any atom is -0.284 e. The van der Waals surface area contributed by atoms with Gasteiger partial charge in [0, 0.05) is 12.2 Å². The highest BCUT2D eigenvalue weighted by atomic mass is 32.2. The van der Waals surface area contributed by atoms with Crippen LogP contribution in [0.2, 0.25) is 0 Å². The van der Waals surface area contributed by atoms with Crippen LogP contribution in [-0.2, 0) is 10.0 Å². The van der Waals surface area contributed by atoms with E-state index in [0.717, 1.165) is 25.2 Å². The Morgan fingerprint density at radius 3 is 2.58 bits per heavy atom. The van der Waals surface area contributed by atoms with Crippen molar-refractivity contribution in [2.45, 2.75) is 36.9 Å². The maximum atomic E-state index is 12.6. The third kappa shape index (κ3) is 3.27. The Labute approximate surface area is 108 Å². The van der Waals surface area contributed by atoms with Crippen molar-refractivity contribution in [3.8, 4) is 0 Å². The minimum absolute atomic E-state index is 0.00373. The van der Waals surface area contributed by atoms with Crippen molar-refractivity contribution in [1.82, 2.24) is 14.5 Å². The van der Waals surface area contributed by atoms with Crippen molar-refractivity contribution < 1.29 is 21.6 Å². The molecule has 1 fully saturated rings. The topological polar surface area (TPSA) is 66.1 Å². The third-order valence-electron chi connectivity index (χ3n) is 3.17. The Kier molecular flexibility index (Phi) is 3.61. The first-order chi connectivity index (χ1) is 8.72. The number of sulfonamides is 1. The second-order valence-electron chi connectivity index (χ2n) is 4.68. The molecule has 9 heteroatoms. The van der Waals surface area contributed by atoms with Gasteiger partial charge in [-0.05, 0) is 25.7 Å². The summed E-state index contributed by atoms with van der Waals surface area (Å²) in [7, 11) is -4.18. The molecule has 19 heavy (non-hydrogen) atoms. The Balaban J connectivity index is 2.31. The number of aromatic amines is 1. The first-order valence-electron chi connectivity index (χ1n) is 5.79. The first kappa shape index (κ1) is 14.3. The number of nitrogens with one attached hydrogen (secondary N) is 1. The van der Waals surface area contributed by atoms with Gasteiger partial charge in [0.05, 0.1) is 6.20 Å². The van der Waals surface area contributed by atoms with Crippen LogP contribution >= 0.6 is 0 Å². The normalized spacial score (nSPS) is 18.8. The number of alkyl halides is 3. The second-order valence-corrected chi connectivity index (χ2v) is 6.57. The molecule has 2 rings (SSSR count). The van der Waals surface area contributed by atoms with Gasteiger partial charge in [-0.25, -0.2) is 8.42 Å². The van der Waals surface area contributed by atoms with Gasteiger partial charge >= 0.3 is 6.18 Å². The van der Waals surface area contributed by atoms with E-state index in [2.05, 4.69) is 10.2 Å². The molecule has 0 amide bonds. The Morgan fingerprint density at radius 1 is 1.53 bits per heavy atom. The predicted octanol–water partition coefficient (Wildman–Crippen LogP) is 1.76.